The second-order valence-electron chi connectivity index (χ2n) is 9.00. The van der Waals surface area contributed by atoms with E-state index in [-0.39, 0.29) is 23.5 Å². The molecule has 1 aliphatic carbocycles. The largest absolute Gasteiger partial charge is 0.487 e. The molecule has 3 heterocycles. The fourth-order valence-corrected chi connectivity index (χ4v) is 4.77. The zero-order valence-corrected chi connectivity index (χ0v) is 20.6. The highest BCUT2D eigenvalue weighted by Crippen LogP contribution is 2.36. The molecular weight excluding hydrogens is 463 g/mol. The first kappa shape index (κ1) is 23.8. The van der Waals surface area contributed by atoms with Crippen LogP contribution >= 0.6 is 0 Å². The highest BCUT2D eigenvalue weighted by atomic mass is 19.1. The molecule has 9 nitrogen and oxygen atoms in total. The summed E-state index contributed by atoms with van der Waals surface area (Å²) in [7, 11) is 3.15. The summed E-state index contributed by atoms with van der Waals surface area (Å²) >= 11 is 0. The van der Waals surface area contributed by atoms with Crippen LogP contribution < -0.4 is 10.1 Å². The number of rotatable bonds is 7. The number of benzene rings is 1. The van der Waals surface area contributed by atoms with Crippen LogP contribution in [0.15, 0.2) is 42.9 Å². The standard InChI is InChI=1S/C26H29FN6O3/c1-4-28-24-12-22-20(14-29-24)25(17-13-30-32(2)15-17)31-33(22)18-6-8-19(9-7-18)36-23-10-5-16(11-21(23)27)26(34)35-3/h5,10-15,18-19H,4,6-9H2,1-3H3,(H,28,29). The van der Waals surface area contributed by atoms with Gasteiger partial charge in [-0.25, -0.2) is 14.2 Å². The van der Waals surface area contributed by atoms with Gasteiger partial charge in [0.05, 0.1) is 36.5 Å². The molecule has 36 heavy (non-hydrogen) atoms. The number of ether oxygens (including phenoxy) is 2. The van der Waals surface area contributed by atoms with Crippen LogP contribution in [0.25, 0.3) is 22.2 Å². The summed E-state index contributed by atoms with van der Waals surface area (Å²) in [6.07, 6.45) is 8.73. The fourth-order valence-electron chi connectivity index (χ4n) is 4.77. The van der Waals surface area contributed by atoms with Crippen LogP contribution in [0.1, 0.15) is 49.0 Å². The van der Waals surface area contributed by atoms with E-state index in [9.17, 15) is 9.18 Å². The van der Waals surface area contributed by atoms with Crippen molar-refractivity contribution in [1.82, 2.24) is 24.5 Å². The molecule has 0 amide bonds. The quantitative estimate of drug-likeness (QED) is 0.372. The van der Waals surface area contributed by atoms with E-state index in [0.29, 0.717) is 0 Å². The van der Waals surface area contributed by atoms with E-state index in [0.717, 1.165) is 66.3 Å². The molecular formula is C26H29FN6O3. The molecule has 5 rings (SSSR count). The van der Waals surface area contributed by atoms with E-state index in [1.54, 1.807) is 4.68 Å². The highest BCUT2D eigenvalue weighted by Gasteiger charge is 2.27. The minimum Gasteiger partial charge on any atom is -0.487 e. The molecule has 0 radical (unpaired) electrons. The molecule has 0 atom stereocenters. The zero-order chi connectivity index (χ0) is 25.2. The van der Waals surface area contributed by atoms with Gasteiger partial charge in [-0.1, -0.05) is 0 Å². The molecule has 188 valence electrons. The van der Waals surface area contributed by atoms with Gasteiger partial charge in [0, 0.05) is 43.0 Å². The van der Waals surface area contributed by atoms with Gasteiger partial charge in [-0.2, -0.15) is 10.2 Å². The molecule has 1 saturated carbocycles. The second kappa shape index (κ2) is 9.96. The van der Waals surface area contributed by atoms with Crippen molar-refractivity contribution in [3.63, 3.8) is 0 Å². The number of hydrogen-bond donors (Lipinski definition) is 1. The first-order valence-electron chi connectivity index (χ1n) is 12.1. The average molecular weight is 493 g/mol. The van der Waals surface area contributed by atoms with Crippen LogP contribution in [0.4, 0.5) is 10.2 Å². The van der Waals surface area contributed by atoms with E-state index in [1.807, 2.05) is 38.6 Å². The number of hydrogen-bond acceptors (Lipinski definition) is 7. The first-order valence-corrected chi connectivity index (χ1v) is 12.1. The Hall–Kier alpha value is -3.95. The minimum atomic E-state index is -0.578. The smallest absolute Gasteiger partial charge is 0.337 e. The topological polar surface area (TPSA) is 96.1 Å². The van der Waals surface area contributed by atoms with E-state index in [1.165, 1.54) is 19.2 Å². The van der Waals surface area contributed by atoms with E-state index in [2.05, 4.69) is 24.8 Å². The van der Waals surface area contributed by atoms with E-state index >= 15 is 0 Å². The van der Waals surface area contributed by atoms with Crippen LogP contribution in [0.3, 0.4) is 0 Å². The van der Waals surface area contributed by atoms with Crippen LogP contribution in [0.2, 0.25) is 0 Å². The Morgan fingerprint density at radius 1 is 1.19 bits per heavy atom. The maximum atomic E-state index is 14.5. The van der Waals surface area contributed by atoms with Gasteiger partial charge in [0.15, 0.2) is 11.6 Å². The van der Waals surface area contributed by atoms with Crippen LogP contribution in [-0.2, 0) is 11.8 Å². The molecule has 3 aromatic heterocycles. The Morgan fingerprint density at radius 3 is 2.67 bits per heavy atom. The van der Waals surface area contributed by atoms with E-state index in [4.69, 9.17) is 9.84 Å². The number of carbonyl (C=O) groups is 1. The predicted molar refractivity (Wildman–Crippen MR) is 134 cm³/mol. The molecule has 1 N–H and O–H groups in total. The number of esters is 1. The number of fused-ring (bicyclic) bond motifs is 1. The minimum absolute atomic E-state index is 0.113. The normalized spacial score (nSPS) is 17.8. The number of nitrogens with one attached hydrogen (secondary N) is 1. The Labute approximate surface area is 208 Å². The van der Waals surface area contributed by atoms with Gasteiger partial charge in [0.1, 0.15) is 11.5 Å². The van der Waals surface area contributed by atoms with Crippen molar-refractivity contribution in [3.05, 3.63) is 54.2 Å². The van der Waals surface area contributed by atoms with Gasteiger partial charge >= 0.3 is 5.97 Å². The molecule has 1 aliphatic rings. The number of aryl methyl sites for hydroxylation is 1. The maximum Gasteiger partial charge on any atom is 0.337 e. The fraction of sp³-hybridized carbons (Fsp3) is 0.385. The Kier molecular flexibility index (Phi) is 6.58. The summed E-state index contributed by atoms with van der Waals surface area (Å²) < 4.78 is 29.0. The molecule has 10 heteroatoms. The summed E-state index contributed by atoms with van der Waals surface area (Å²) in [5, 5.41) is 13.6. The summed E-state index contributed by atoms with van der Waals surface area (Å²) in [4.78, 5) is 16.2. The Morgan fingerprint density at radius 2 is 2.00 bits per heavy atom. The van der Waals surface area contributed by atoms with Crippen LogP contribution in [0.5, 0.6) is 5.75 Å². The molecule has 1 aromatic carbocycles. The molecule has 1 fully saturated rings. The second-order valence-corrected chi connectivity index (χ2v) is 9.00. The van der Waals surface area contributed by atoms with Gasteiger partial charge < -0.3 is 14.8 Å². The third-order valence-electron chi connectivity index (χ3n) is 6.56. The first-order chi connectivity index (χ1) is 17.5. The highest BCUT2D eigenvalue weighted by molar-refractivity contribution is 5.93. The summed E-state index contributed by atoms with van der Waals surface area (Å²) in [5.74, 6) is -0.184. The number of pyridine rings is 1. The molecule has 0 unspecified atom stereocenters. The lowest BCUT2D eigenvalue weighted by Crippen LogP contribution is -2.26. The van der Waals surface area contributed by atoms with Crippen molar-refractivity contribution in [3.8, 4) is 17.0 Å². The van der Waals surface area contributed by atoms with Gasteiger partial charge in [-0.3, -0.25) is 9.36 Å². The molecule has 0 bridgehead atoms. The maximum absolute atomic E-state index is 14.5. The van der Waals surface area contributed by atoms with Crippen molar-refractivity contribution >= 4 is 22.7 Å². The Balaban J connectivity index is 1.35. The number of carbonyl (C=O) groups excluding carboxylic acids is 1. The summed E-state index contributed by atoms with van der Waals surface area (Å²) in [5.41, 5.74) is 2.99. The molecule has 0 saturated heterocycles. The summed E-state index contributed by atoms with van der Waals surface area (Å²) in [6, 6.07) is 6.39. The lowest BCUT2D eigenvalue weighted by atomic mass is 9.93. The number of nitrogens with zero attached hydrogens (tertiary/aromatic N) is 5. The molecule has 4 aromatic rings. The molecule has 0 aliphatic heterocycles. The van der Waals surface area contributed by atoms with Crippen molar-refractivity contribution < 1.29 is 18.7 Å². The lowest BCUT2D eigenvalue weighted by Gasteiger charge is -2.29. The van der Waals surface area contributed by atoms with Crippen molar-refractivity contribution in [2.45, 2.75) is 44.8 Å². The van der Waals surface area contributed by atoms with E-state index < -0.39 is 11.8 Å². The number of methoxy groups -OCH3 is 1. The number of halogens is 1. The van der Waals surface area contributed by atoms with Crippen LogP contribution in [-0.4, -0.2) is 50.3 Å². The van der Waals surface area contributed by atoms with Gasteiger partial charge in [0.2, 0.25) is 0 Å². The monoisotopic (exact) mass is 492 g/mol. The SMILES string of the molecule is CCNc1cc2c(cn1)c(-c1cnn(C)c1)nn2C1CCC(Oc2ccc(C(=O)OC)cc2F)CC1. The zero-order valence-electron chi connectivity index (χ0n) is 20.6. The van der Waals surface area contributed by atoms with Gasteiger partial charge in [-0.15, -0.1) is 0 Å². The molecule has 0 spiro atoms. The van der Waals surface area contributed by atoms with Crippen molar-refractivity contribution in [2.75, 3.05) is 19.0 Å². The Bertz CT molecular complexity index is 1390. The number of anilines is 1. The van der Waals surface area contributed by atoms with Crippen molar-refractivity contribution in [1.29, 1.82) is 0 Å². The van der Waals surface area contributed by atoms with Crippen molar-refractivity contribution in [2.24, 2.45) is 7.05 Å². The predicted octanol–water partition coefficient (Wildman–Crippen LogP) is 4.75. The average Bonchev–Trinajstić information content (AvgIpc) is 3.48. The number of aromatic nitrogens is 5. The third-order valence-corrected chi connectivity index (χ3v) is 6.56. The lowest BCUT2D eigenvalue weighted by molar-refractivity contribution is 0.0600. The third kappa shape index (κ3) is 4.62. The van der Waals surface area contributed by atoms with Crippen LogP contribution in [0, 0.1) is 5.82 Å². The van der Waals surface area contributed by atoms with Gasteiger partial charge in [0.25, 0.3) is 0 Å². The summed E-state index contributed by atoms with van der Waals surface area (Å²) in [6.45, 7) is 2.82. The van der Waals surface area contributed by atoms with Gasteiger partial charge in [-0.05, 0) is 50.8 Å².